The van der Waals surface area contributed by atoms with Crippen LogP contribution in [-0.4, -0.2) is 28.3 Å². The van der Waals surface area contributed by atoms with Crippen molar-refractivity contribution in [2.24, 2.45) is 17.5 Å². The minimum Gasteiger partial charge on any atom is -0.357 e. The zero-order valence-corrected chi connectivity index (χ0v) is 14.4. The summed E-state index contributed by atoms with van der Waals surface area (Å²) in [5, 5.41) is 10.9. The van der Waals surface area contributed by atoms with Gasteiger partial charge in [-0.1, -0.05) is 20.8 Å². The Labute approximate surface area is 129 Å². The van der Waals surface area contributed by atoms with Crippen molar-refractivity contribution >= 4 is 5.96 Å². The highest BCUT2D eigenvalue weighted by Gasteiger charge is 2.13. The Kier molecular flexibility index (Phi) is 6.72. The maximum atomic E-state index is 4.62. The van der Waals surface area contributed by atoms with Crippen LogP contribution in [0.25, 0.3) is 0 Å². The molecule has 120 valence electrons. The average Bonchev–Trinajstić information content (AvgIpc) is 2.79. The van der Waals surface area contributed by atoms with Gasteiger partial charge in [0, 0.05) is 31.4 Å². The van der Waals surface area contributed by atoms with Gasteiger partial charge in [-0.2, -0.15) is 5.10 Å². The Hall–Kier alpha value is -1.52. The van der Waals surface area contributed by atoms with Crippen molar-refractivity contribution in [3.05, 3.63) is 18.0 Å². The third-order valence-electron chi connectivity index (χ3n) is 3.23. The number of hydrogen-bond acceptors (Lipinski definition) is 2. The molecular formula is C16H31N5. The highest BCUT2D eigenvalue weighted by Crippen LogP contribution is 2.21. The summed E-state index contributed by atoms with van der Waals surface area (Å²) in [5.74, 6) is 0.878. The lowest BCUT2D eigenvalue weighted by atomic mass is 9.89. The Morgan fingerprint density at radius 3 is 2.67 bits per heavy atom. The van der Waals surface area contributed by atoms with Crippen LogP contribution in [0.2, 0.25) is 0 Å². The van der Waals surface area contributed by atoms with E-state index in [1.54, 1.807) is 4.68 Å². The summed E-state index contributed by atoms with van der Waals surface area (Å²) in [5.41, 5.74) is 1.50. The lowest BCUT2D eigenvalue weighted by Gasteiger charge is -2.23. The molecule has 0 fully saturated rings. The van der Waals surface area contributed by atoms with E-state index in [4.69, 9.17) is 0 Å². The van der Waals surface area contributed by atoms with E-state index in [1.807, 2.05) is 19.4 Å². The molecule has 0 amide bonds. The van der Waals surface area contributed by atoms with Gasteiger partial charge in [-0.3, -0.25) is 4.68 Å². The van der Waals surface area contributed by atoms with Gasteiger partial charge in [0.15, 0.2) is 5.96 Å². The van der Waals surface area contributed by atoms with Crippen molar-refractivity contribution in [2.75, 3.05) is 6.54 Å². The van der Waals surface area contributed by atoms with Gasteiger partial charge in [0.1, 0.15) is 0 Å². The van der Waals surface area contributed by atoms with Crippen molar-refractivity contribution < 1.29 is 0 Å². The van der Waals surface area contributed by atoms with E-state index in [9.17, 15) is 0 Å². The van der Waals surface area contributed by atoms with Gasteiger partial charge >= 0.3 is 0 Å². The van der Waals surface area contributed by atoms with Crippen molar-refractivity contribution in [1.82, 2.24) is 20.4 Å². The third-order valence-corrected chi connectivity index (χ3v) is 3.23. The fourth-order valence-electron chi connectivity index (χ4n) is 2.00. The molecule has 1 heterocycles. The molecule has 0 spiro atoms. The summed E-state index contributed by atoms with van der Waals surface area (Å²) < 4.78 is 1.80. The van der Waals surface area contributed by atoms with Crippen molar-refractivity contribution in [3.63, 3.8) is 0 Å². The predicted octanol–water partition coefficient (Wildman–Crippen LogP) is 2.69. The minimum atomic E-state index is 0.376. The number of aromatic nitrogens is 2. The second kappa shape index (κ2) is 8.05. The van der Waals surface area contributed by atoms with Gasteiger partial charge in [0.25, 0.3) is 0 Å². The van der Waals surface area contributed by atoms with Crippen LogP contribution < -0.4 is 10.6 Å². The summed E-state index contributed by atoms with van der Waals surface area (Å²) in [6.45, 7) is 12.6. The summed E-state index contributed by atoms with van der Waals surface area (Å²) >= 11 is 0. The molecule has 21 heavy (non-hydrogen) atoms. The monoisotopic (exact) mass is 293 g/mol. The molecule has 1 unspecified atom stereocenters. The standard InChI is InChI=1S/C16H31N5/c1-7-17-15(18-10-14-11-19-21(6)12-14)20-13(2)8-9-16(3,4)5/h11-13H,7-10H2,1-6H3,(H2,17,18,20). The molecule has 5 heteroatoms. The van der Waals surface area contributed by atoms with Crippen LogP contribution in [0.4, 0.5) is 0 Å². The van der Waals surface area contributed by atoms with E-state index in [2.05, 4.69) is 55.3 Å². The first-order valence-electron chi connectivity index (χ1n) is 7.82. The topological polar surface area (TPSA) is 54.2 Å². The second-order valence-electron chi connectivity index (χ2n) is 6.86. The molecule has 0 aliphatic rings. The van der Waals surface area contributed by atoms with Gasteiger partial charge in [-0.05, 0) is 32.1 Å². The molecule has 0 radical (unpaired) electrons. The number of rotatable bonds is 6. The lowest BCUT2D eigenvalue weighted by Crippen LogP contribution is -2.42. The molecule has 1 atom stereocenters. The molecule has 1 aromatic heterocycles. The van der Waals surface area contributed by atoms with Gasteiger partial charge in [0.05, 0.1) is 12.7 Å². The van der Waals surface area contributed by atoms with E-state index in [0.29, 0.717) is 18.0 Å². The van der Waals surface area contributed by atoms with Crippen LogP contribution in [0.3, 0.4) is 0 Å². The summed E-state index contributed by atoms with van der Waals surface area (Å²) in [7, 11) is 1.92. The van der Waals surface area contributed by atoms with E-state index in [0.717, 1.165) is 24.5 Å². The van der Waals surface area contributed by atoms with Crippen LogP contribution in [-0.2, 0) is 13.6 Å². The molecule has 0 saturated carbocycles. The lowest BCUT2D eigenvalue weighted by molar-refractivity contribution is 0.346. The number of nitrogens with one attached hydrogen (secondary N) is 2. The van der Waals surface area contributed by atoms with E-state index < -0.39 is 0 Å². The smallest absolute Gasteiger partial charge is 0.191 e. The number of nitrogens with zero attached hydrogens (tertiary/aromatic N) is 3. The first-order valence-corrected chi connectivity index (χ1v) is 7.82. The molecule has 0 aliphatic heterocycles. The fourth-order valence-corrected chi connectivity index (χ4v) is 2.00. The number of aryl methyl sites for hydroxylation is 1. The first-order chi connectivity index (χ1) is 9.80. The zero-order valence-electron chi connectivity index (χ0n) is 14.4. The normalized spacial score (nSPS) is 14.1. The molecule has 1 aromatic rings. The Morgan fingerprint density at radius 1 is 1.43 bits per heavy atom. The molecule has 0 aliphatic carbocycles. The van der Waals surface area contributed by atoms with E-state index in [-0.39, 0.29) is 0 Å². The van der Waals surface area contributed by atoms with Crippen LogP contribution in [0.1, 0.15) is 53.0 Å². The molecule has 2 N–H and O–H groups in total. The van der Waals surface area contributed by atoms with Crippen molar-refractivity contribution in [1.29, 1.82) is 0 Å². The van der Waals surface area contributed by atoms with Crippen LogP contribution >= 0.6 is 0 Å². The molecule has 5 nitrogen and oxygen atoms in total. The quantitative estimate of drug-likeness (QED) is 0.626. The number of hydrogen-bond donors (Lipinski definition) is 2. The summed E-state index contributed by atoms with van der Waals surface area (Å²) in [6.07, 6.45) is 6.19. The molecule has 0 saturated heterocycles. The van der Waals surface area contributed by atoms with Gasteiger partial charge in [-0.25, -0.2) is 4.99 Å². The number of guanidine groups is 1. The highest BCUT2D eigenvalue weighted by atomic mass is 15.2. The summed E-state index contributed by atoms with van der Waals surface area (Å²) in [4.78, 5) is 4.62. The molecule has 0 bridgehead atoms. The predicted molar refractivity (Wildman–Crippen MR) is 89.3 cm³/mol. The minimum absolute atomic E-state index is 0.376. The van der Waals surface area contributed by atoms with Gasteiger partial charge in [0.2, 0.25) is 0 Å². The Bertz CT molecular complexity index is 442. The van der Waals surface area contributed by atoms with Crippen molar-refractivity contribution in [3.8, 4) is 0 Å². The molecule has 0 aromatic carbocycles. The fraction of sp³-hybridized carbons (Fsp3) is 0.750. The first kappa shape index (κ1) is 17.5. The molecule has 1 rings (SSSR count). The molecular weight excluding hydrogens is 262 g/mol. The van der Waals surface area contributed by atoms with Crippen LogP contribution in [0, 0.1) is 5.41 Å². The van der Waals surface area contributed by atoms with Gasteiger partial charge in [-0.15, -0.1) is 0 Å². The Morgan fingerprint density at radius 2 is 2.14 bits per heavy atom. The van der Waals surface area contributed by atoms with E-state index >= 15 is 0 Å². The van der Waals surface area contributed by atoms with Gasteiger partial charge < -0.3 is 10.6 Å². The average molecular weight is 293 g/mol. The second-order valence-corrected chi connectivity index (χ2v) is 6.86. The van der Waals surface area contributed by atoms with Crippen molar-refractivity contribution in [2.45, 2.75) is 60.0 Å². The van der Waals surface area contributed by atoms with Crippen LogP contribution in [0.15, 0.2) is 17.4 Å². The third kappa shape index (κ3) is 7.73. The maximum absolute atomic E-state index is 4.62. The zero-order chi connectivity index (χ0) is 15.9. The number of aliphatic imine (C=N–C) groups is 1. The SMILES string of the molecule is CCNC(=NCc1cnn(C)c1)NC(C)CCC(C)(C)C. The largest absolute Gasteiger partial charge is 0.357 e. The summed E-state index contributed by atoms with van der Waals surface area (Å²) in [6, 6.07) is 0.413. The highest BCUT2D eigenvalue weighted by molar-refractivity contribution is 5.80. The maximum Gasteiger partial charge on any atom is 0.191 e. The Balaban J connectivity index is 2.51. The van der Waals surface area contributed by atoms with Crippen LogP contribution in [0.5, 0.6) is 0 Å². The van der Waals surface area contributed by atoms with E-state index in [1.165, 1.54) is 6.42 Å².